The van der Waals surface area contributed by atoms with Crippen molar-refractivity contribution in [3.05, 3.63) is 34.5 Å². The largest absolute Gasteiger partial charge is 0.444 e. The first-order chi connectivity index (χ1) is 8.31. The van der Waals surface area contributed by atoms with Crippen molar-refractivity contribution < 1.29 is 13.9 Å². The Labute approximate surface area is 103 Å². The third-order valence-corrected chi connectivity index (χ3v) is 1.75. The quantitative estimate of drug-likeness (QED) is 0.487. The number of hydrogen-bond acceptors (Lipinski definition) is 3. The van der Waals surface area contributed by atoms with Crippen LogP contribution in [0, 0.1) is 5.82 Å². The van der Waals surface area contributed by atoms with Gasteiger partial charge in [-0.05, 0) is 44.5 Å². The number of carbonyl (C=O) groups excluding carboxylic acids is 1. The Kier molecular flexibility index (Phi) is 4.12. The highest BCUT2D eigenvalue weighted by Gasteiger charge is 2.17. The summed E-state index contributed by atoms with van der Waals surface area (Å²) in [6, 6.07) is 3.62. The monoisotopic (exact) mass is 252 g/mol. The van der Waals surface area contributed by atoms with Gasteiger partial charge in [0.1, 0.15) is 11.4 Å². The first-order valence-electron chi connectivity index (χ1n) is 5.16. The van der Waals surface area contributed by atoms with E-state index in [4.69, 9.17) is 10.3 Å². The molecular weight excluding hydrogens is 239 g/mol. The summed E-state index contributed by atoms with van der Waals surface area (Å²) in [5.74, 6) is -0.641. The molecule has 96 valence electrons. The van der Waals surface area contributed by atoms with Crippen molar-refractivity contribution in [3.8, 4) is 0 Å². The highest BCUT2D eigenvalue weighted by atomic mass is 19.1. The Morgan fingerprint density at radius 1 is 1.50 bits per heavy atom. The maximum absolute atomic E-state index is 13.4. The number of hydrogen-bond donors (Lipinski definition) is 1. The lowest BCUT2D eigenvalue weighted by Gasteiger charge is -2.19. The van der Waals surface area contributed by atoms with Crippen LogP contribution in [-0.4, -0.2) is 11.7 Å². The molecule has 7 heteroatoms. The predicted molar refractivity (Wildman–Crippen MR) is 65.1 cm³/mol. The summed E-state index contributed by atoms with van der Waals surface area (Å²) < 4.78 is 18.4. The van der Waals surface area contributed by atoms with E-state index in [-0.39, 0.29) is 11.4 Å². The lowest BCUT2D eigenvalue weighted by molar-refractivity contribution is 0.0635. The molecule has 0 fully saturated rings. The van der Waals surface area contributed by atoms with Crippen LogP contribution < -0.4 is 5.32 Å². The summed E-state index contributed by atoms with van der Waals surface area (Å²) in [6.07, 6.45) is -0.778. The summed E-state index contributed by atoms with van der Waals surface area (Å²) in [7, 11) is 0. The van der Waals surface area contributed by atoms with E-state index >= 15 is 0 Å². The van der Waals surface area contributed by atoms with Crippen LogP contribution in [0.15, 0.2) is 23.3 Å². The topological polar surface area (TPSA) is 87.1 Å². The molecule has 0 spiro atoms. The molecule has 0 atom stereocenters. The van der Waals surface area contributed by atoms with Crippen LogP contribution in [0.1, 0.15) is 20.8 Å². The highest BCUT2D eigenvalue weighted by Crippen LogP contribution is 2.22. The van der Waals surface area contributed by atoms with Crippen LogP contribution in [-0.2, 0) is 4.74 Å². The number of benzene rings is 1. The van der Waals surface area contributed by atoms with E-state index in [0.29, 0.717) is 0 Å². The van der Waals surface area contributed by atoms with Crippen LogP contribution in [0.2, 0.25) is 0 Å². The minimum absolute atomic E-state index is 0.103. The first-order valence-corrected chi connectivity index (χ1v) is 5.16. The van der Waals surface area contributed by atoms with Gasteiger partial charge in [-0.1, -0.05) is 5.11 Å². The number of anilines is 1. The van der Waals surface area contributed by atoms with Crippen LogP contribution in [0.5, 0.6) is 0 Å². The SMILES string of the molecule is CC(C)(C)OC(=O)Nc1cc(N=[N+]=[N-])ccc1F. The zero-order valence-corrected chi connectivity index (χ0v) is 10.3. The van der Waals surface area contributed by atoms with E-state index in [9.17, 15) is 9.18 Å². The number of ether oxygens (including phenoxy) is 1. The van der Waals surface area contributed by atoms with Crippen molar-refractivity contribution in [2.75, 3.05) is 5.32 Å². The van der Waals surface area contributed by atoms with Crippen molar-refractivity contribution in [1.82, 2.24) is 0 Å². The van der Waals surface area contributed by atoms with Gasteiger partial charge < -0.3 is 4.74 Å². The Morgan fingerprint density at radius 2 is 2.17 bits per heavy atom. The second kappa shape index (κ2) is 5.37. The lowest BCUT2D eigenvalue weighted by atomic mass is 10.2. The number of nitrogens with zero attached hydrogens (tertiary/aromatic N) is 3. The van der Waals surface area contributed by atoms with Gasteiger partial charge in [-0.2, -0.15) is 0 Å². The molecule has 1 N–H and O–H groups in total. The van der Waals surface area contributed by atoms with Gasteiger partial charge >= 0.3 is 6.09 Å². The van der Waals surface area contributed by atoms with Gasteiger partial charge in [0, 0.05) is 10.6 Å². The molecule has 6 nitrogen and oxygen atoms in total. The van der Waals surface area contributed by atoms with Gasteiger partial charge in [0.05, 0.1) is 5.69 Å². The molecule has 1 aromatic rings. The van der Waals surface area contributed by atoms with Gasteiger partial charge in [-0.15, -0.1) is 0 Å². The van der Waals surface area contributed by atoms with E-state index in [1.165, 1.54) is 12.1 Å². The number of carbonyl (C=O) groups is 1. The molecule has 0 aliphatic carbocycles. The fourth-order valence-corrected chi connectivity index (χ4v) is 1.14. The van der Waals surface area contributed by atoms with Crippen molar-refractivity contribution in [3.63, 3.8) is 0 Å². The van der Waals surface area contributed by atoms with Crippen LogP contribution in [0.3, 0.4) is 0 Å². The number of halogens is 1. The third kappa shape index (κ3) is 4.31. The van der Waals surface area contributed by atoms with E-state index < -0.39 is 17.5 Å². The van der Waals surface area contributed by atoms with Gasteiger partial charge in [-0.25, -0.2) is 9.18 Å². The lowest BCUT2D eigenvalue weighted by Crippen LogP contribution is -2.27. The molecule has 0 aliphatic heterocycles. The third-order valence-electron chi connectivity index (χ3n) is 1.75. The zero-order chi connectivity index (χ0) is 13.8. The minimum atomic E-state index is -0.778. The second-order valence-electron chi connectivity index (χ2n) is 4.48. The van der Waals surface area contributed by atoms with Gasteiger partial charge in [-0.3, -0.25) is 5.32 Å². The maximum Gasteiger partial charge on any atom is 0.412 e. The highest BCUT2D eigenvalue weighted by molar-refractivity contribution is 5.85. The molecule has 18 heavy (non-hydrogen) atoms. The van der Waals surface area contributed by atoms with Crippen molar-refractivity contribution in [1.29, 1.82) is 0 Å². The fraction of sp³-hybridized carbons (Fsp3) is 0.364. The van der Waals surface area contributed by atoms with Crippen LogP contribution in [0.4, 0.5) is 20.6 Å². The summed E-state index contributed by atoms with van der Waals surface area (Å²) in [6.45, 7) is 5.08. The first kappa shape index (κ1) is 13.8. The van der Waals surface area contributed by atoms with Crippen molar-refractivity contribution >= 4 is 17.5 Å². The van der Waals surface area contributed by atoms with Gasteiger partial charge in [0.2, 0.25) is 0 Å². The molecule has 1 amide bonds. The molecule has 0 radical (unpaired) electrons. The van der Waals surface area contributed by atoms with Gasteiger partial charge in [0.15, 0.2) is 0 Å². The molecule has 0 unspecified atom stereocenters. The summed E-state index contributed by atoms with van der Waals surface area (Å²) in [4.78, 5) is 14.0. The predicted octanol–water partition coefficient (Wildman–Crippen LogP) is 4.11. The van der Waals surface area contributed by atoms with Crippen molar-refractivity contribution in [2.45, 2.75) is 26.4 Å². The number of rotatable bonds is 2. The molecule has 0 bridgehead atoms. The van der Waals surface area contributed by atoms with Crippen LogP contribution >= 0.6 is 0 Å². The van der Waals surface area contributed by atoms with E-state index in [1.807, 2.05) is 0 Å². The number of nitrogens with one attached hydrogen (secondary N) is 1. The molecular formula is C11H13FN4O2. The minimum Gasteiger partial charge on any atom is -0.444 e. The molecule has 0 aliphatic rings. The summed E-state index contributed by atoms with van der Waals surface area (Å²) in [5.41, 5.74) is 7.69. The average molecular weight is 252 g/mol. The Morgan fingerprint density at radius 3 is 2.72 bits per heavy atom. The van der Waals surface area contributed by atoms with Crippen LogP contribution in [0.25, 0.3) is 10.4 Å². The van der Waals surface area contributed by atoms with E-state index in [0.717, 1.165) is 6.07 Å². The molecule has 0 saturated carbocycles. The standard InChI is InChI=1S/C11H13FN4O2/c1-11(2,3)18-10(17)14-9-6-7(15-16-13)4-5-8(9)12/h4-6H,1-3H3,(H,14,17). The van der Waals surface area contributed by atoms with Gasteiger partial charge in [0.25, 0.3) is 0 Å². The van der Waals surface area contributed by atoms with E-state index in [2.05, 4.69) is 15.3 Å². The summed E-state index contributed by atoms with van der Waals surface area (Å²) >= 11 is 0. The average Bonchev–Trinajstić information content (AvgIpc) is 2.20. The second-order valence-corrected chi connectivity index (χ2v) is 4.48. The zero-order valence-electron chi connectivity index (χ0n) is 10.3. The maximum atomic E-state index is 13.4. The molecule has 0 aromatic heterocycles. The summed E-state index contributed by atoms with van der Waals surface area (Å²) in [5, 5.41) is 5.56. The molecule has 0 saturated heterocycles. The Bertz CT molecular complexity index is 504. The Hall–Kier alpha value is -2.27. The molecule has 0 heterocycles. The smallest absolute Gasteiger partial charge is 0.412 e. The van der Waals surface area contributed by atoms with E-state index in [1.54, 1.807) is 20.8 Å². The normalized spacial score (nSPS) is 10.4. The fourth-order valence-electron chi connectivity index (χ4n) is 1.14. The number of azide groups is 1. The van der Waals surface area contributed by atoms with Crippen molar-refractivity contribution in [2.24, 2.45) is 5.11 Å². The molecule has 1 rings (SSSR count). The molecule has 1 aromatic carbocycles. The Balaban J connectivity index is 2.86. The number of amides is 1.